The molecular formula is C21H20N2O2S. The van der Waals surface area contributed by atoms with Crippen molar-refractivity contribution in [1.82, 2.24) is 4.98 Å². The molecule has 0 bridgehead atoms. The summed E-state index contributed by atoms with van der Waals surface area (Å²) in [5.41, 5.74) is 5.50. The highest BCUT2D eigenvalue weighted by molar-refractivity contribution is 7.09. The number of carbonyl (C=O) groups excluding carboxylic acids is 1. The number of anilines is 1. The van der Waals surface area contributed by atoms with Crippen LogP contribution in [0.3, 0.4) is 0 Å². The average Bonchev–Trinajstić information content (AvgIpc) is 3.29. The van der Waals surface area contributed by atoms with Gasteiger partial charge in [0.05, 0.1) is 10.7 Å². The Morgan fingerprint density at radius 1 is 1.15 bits per heavy atom. The summed E-state index contributed by atoms with van der Waals surface area (Å²) in [4.78, 5) is 16.6. The second-order valence-electron chi connectivity index (χ2n) is 6.45. The molecule has 4 rings (SSSR count). The van der Waals surface area contributed by atoms with Gasteiger partial charge in [0, 0.05) is 16.6 Å². The molecule has 0 spiro atoms. The van der Waals surface area contributed by atoms with Gasteiger partial charge in [-0.05, 0) is 61.6 Å². The number of aromatic nitrogens is 1. The number of nitrogens with zero attached hydrogens (tertiary/aromatic N) is 1. The van der Waals surface area contributed by atoms with E-state index in [1.165, 1.54) is 17.5 Å². The number of rotatable bonds is 5. The summed E-state index contributed by atoms with van der Waals surface area (Å²) in [5.74, 6) is 0.595. The lowest BCUT2D eigenvalue weighted by Gasteiger charge is -2.09. The first-order chi connectivity index (χ1) is 12.7. The minimum atomic E-state index is -0.164. The van der Waals surface area contributed by atoms with Gasteiger partial charge >= 0.3 is 0 Å². The molecule has 0 saturated carbocycles. The Hall–Kier alpha value is -2.66. The summed E-state index contributed by atoms with van der Waals surface area (Å²) in [7, 11) is 0. The molecule has 5 heteroatoms. The lowest BCUT2D eigenvalue weighted by atomic mass is 10.1. The van der Waals surface area contributed by atoms with Crippen molar-refractivity contribution < 1.29 is 9.53 Å². The van der Waals surface area contributed by atoms with Crippen LogP contribution in [0.4, 0.5) is 5.69 Å². The summed E-state index contributed by atoms with van der Waals surface area (Å²) in [6.07, 6.45) is 3.45. The molecule has 0 fully saturated rings. The van der Waals surface area contributed by atoms with Crippen molar-refractivity contribution in [3.8, 4) is 17.0 Å². The molecule has 0 aliphatic heterocycles. The first-order valence-electron chi connectivity index (χ1n) is 8.74. The van der Waals surface area contributed by atoms with E-state index in [1.807, 2.05) is 42.6 Å². The van der Waals surface area contributed by atoms with Gasteiger partial charge in [0.25, 0.3) is 5.91 Å². The number of ether oxygens (including phenoxy) is 1. The predicted molar refractivity (Wildman–Crippen MR) is 105 cm³/mol. The zero-order chi connectivity index (χ0) is 17.9. The third-order valence-electron chi connectivity index (χ3n) is 4.52. The van der Waals surface area contributed by atoms with Crippen LogP contribution >= 0.6 is 11.3 Å². The Bertz CT molecular complexity index is 931. The number of aryl methyl sites for hydroxylation is 3. The standard InChI is InChI=1S/C21H20N2O2S/c1-14-22-20(13-26-14)16-5-8-18(9-6-16)23-21(24)12-25-19-10-7-15-3-2-4-17(15)11-19/h5-11,13H,2-4,12H2,1H3,(H,23,24). The summed E-state index contributed by atoms with van der Waals surface area (Å²) in [6, 6.07) is 13.8. The third kappa shape index (κ3) is 3.78. The number of fused-ring (bicyclic) bond motifs is 1. The van der Waals surface area contributed by atoms with Crippen LogP contribution in [-0.4, -0.2) is 17.5 Å². The molecule has 1 aliphatic rings. The molecule has 132 valence electrons. The van der Waals surface area contributed by atoms with E-state index in [0.29, 0.717) is 0 Å². The molecule has 1 aliphatic carbocycles. The van der Waals surface area contributed by atoms with Crippen LogP contribution < -0.4 is 10.1 Å². The zero-order valence-corrected chi connectivity index (χ0v) is 15.4. The number of benzene rings is 2. The highest BCUT2D eigenvalue weighted by atomic mass is 32.1. The fraction of sp³-hybridized carbons (Fsp3) is 0.238. The highest BCUT2D eigenvalue weighted by Crippen LogP contribution is 2.26. The molecular weight excluding hydrogens is 344 g/mol. The van der Waals surface area contributed by atoms with Crippen LogP contribution in [0.15, 0.2) is 47.8 Å². The van der Waals surface area contributed by atoms with Gasteiger partial charge in [-0.1, -0.05) is 18.2 Å². The second kappa shape index (κ2) is 7.30. The second-order valence-corrected chi connectivity index (χ2v) is 7.51. The van der Waals surface area contributed by atoms with Crippen LogP contribution in [0.2, 0.25) is 0 Å². The SMILES string of the molecule is Cc1nc(-c2ccc(NC(=O)COc3ccc4c(c3)CCC4)cc2)cs1. The Labute approximate surface area is 156 Å². The minimum absolute atomic E-state index is 0.00577. The first kappa shape index (κ1) is 16.8. The van der Waals surface area contributed by atoms with Gasteiger partial charge in [0.1, 0.15) is 5.75 Å². The van der Waals surface area contributed by atoms with E-state index in [0.717, 1.165) is 40.5 Å². The van der Waals surface area contributed by atoms with E-state index >= 15 is 0 Å². The van der Waals surface area contributed by atoms with Crippen LogP contribution in [0, 0.1) is 6.92 Å². The molecule has 4 nitrogen and oxygen atoms in total. The highest BCUT2D eigenvalue weighted by Gasteiger charge is 2.12. The van der Waals surface area contributed by atoms with Gasteiger partial charge in [0.15, 0.2) is 6.61 Å². The monoisotopic (exact) mass is 364 g/mol. The normalized spacial score (nSPS) is 12.7. The Balaban J connectivity index is 1.33. The quantitative estimate of drug-likeness (QED) is 0.718. The lowest BCUT2D eigenvalue weighted by Crippen LogP contribution is -2.20. The van der Waals surface area contributed by atoms with Crippen molar-refractivity contribution in [2.75, 3.05) is 11.9 Å². The van der Waals surface area contributed by atoms with Gasteiger partial charge in [-0.3, -0.25) is 4.79 Å². The molecule has 1 N–H and O–H groups in total. The predicted octanol–water partition coefficient (Wildman–Crippen LogP) is 4.62. The number of thiazole rings is 1. The maximum absolute atomic E-state index is 12.1. The molecule has 2 aromatic carbocycles. The van der Waals surface area contributed by atoms with Crippen molar-refractivity contribution in [2.24, 2.45) is 0 Å². The minimum Gasteiger partial charge on any atom is -0.484 e. The van der Waals surface area contributed by atoms with Crippen LogP contribution in [0.25, 0.3) is 11.3 Å². The third-order valence-corrected chi connectivity index (χ3v) is 5.30. The van der Waals surface area contributed by atoms with E-state index in [1.54, 1.807) is 11.3 Å². The van der Waals surface area contributed by atoms with Gasteiger partial charge in [0.2, 0.25) is 0 Å². The van der Waals surface area contributed by atoms with E-state index in [-0.39, 0.29) is 12.5 Å². The molecule has 0 saturated heterocycles. The fourth-order valence-electron chi connectivity index (χ4n) is 3.20. The zero-order valence-electron chi connectivity index (χ0n) is 14.6. The summed E-state index contributed by atoms with van der Waals surface area (Å²) >= 11 is 1.63. The molecule has 0 unspecified atom stereocenters. The Morgan fingerprint density at radius 3 is 2.73 bits per heavy atom. The van der Waals surface area contributed by atoms with E-state index in [9.17, 15) is 4.79 Å². The molecule has 0 atom stereocenters. The molecule has 3 aromatic rings. The van der Waals surface area contributed by atoms with Crippen molar-refractivity contribution in [2.45, 2.75) is 26.2 Å². The number of amides is 1. The number of hydrogen-bond acceptors (Lipinski definition) is 4. The molecule has 0 radical (unpaired) electrons. The smallest absolute Gasteiger partial charge is 0.262 e. The number of hydrogen-bond donors (Lipinski definition) is 1. The Kier molecular flexibility index (Phi) is 4.71. The molecule has 1 amide bonds. The number of carbonyl (C=O) groups is 1. The van der Waals surface area contributed by atoms with Crippen molar-refractivity contribution >= 4 is 22.9 Å². The largest absolute Gasteiger partial charge is 0.484 e. The molecule has 1 aromatic heterocycles. The van der Waals surface area contributed by atoms with Crippen LogP contribution in [0.1, 0.15) is 22.6 Å². The van der Waals surface area contributed by atoms with E-state index in [2.05, 4.69) is 22.4 Å². The summed E-state index contributed by atoms with van der Waals surface area (Å²) in [5, 5.41) is 5.94. The fourth-order valence-corrected chi connectivity index (χ4v) is 3.83. The van der Waals surface area contributed by atoms with Gasteiger partial charge in [-0.25, -0.2) is 4.98 Å². The van der Waals surface area contributed by atoms with Crippen molar-refractivity contribution in [3.05, 3.63) is 64.0 Å². The van der Waals surface area contributed by atoms with Gasteiger partial charge < -0.3 is 10.1 Å². The maximum atomic E-state index is 12.1. The van der Waals surface area contributed by atoms with Gasteiger partial charge in [-0.15, -0.1) is 11.3 Å². The van der Waals surface area contributed by atoms with E-state index in [4.69, 9.17) is 4.74 Å². The van der Waals surface area contributed by atoms with Crippen LogP contribution in [0.5, 0.6) is 5.75 Å². The average molecular weight is 364 g/mol. The van der Waals surface area contributed by atoms with Crippen molar-refractivity contribution in [3.63, 3.8) is 0 Å². The molecule has 26 heavy (non-hydrogen) atoms. The van der Waals surface area contributed by atoms with Crippen LogP contribution in [-0.2, 0) is 17.6 Å². The topological polar surface area (TPSA) is 51.2 Å². The Morgan fingerprint density at radius 2 is 1.96 bits per heavy atom. The maximum Gasteiger partial charge on any atom is 0.262 e. The van der Waals surface area contributed by atoms with Crippen molar-refractivity contribution in [1.29, 1.82) is 0 Å². The van der Waals surface area contributed by atoms with E-state index < -0.39 is 0 Å². The molecule has 1 heterocycles. The summed E-state index contributed by atoms with van der Waals surface area (Å²) in [6.45, 7) is 2.00. The van der Waals surface area contributed by atoms with Gasteiger partial charge in [-0.2, -0.15) is 0 Å². The lowest BCUT2D eigenvalue weighted by molar-refractivity contribution is -0.118. The summed E-state index contributed by atoms with van der Waals surface area (Å²) < 4.78 is 5.64. The number of nitrogens with one attached hydrogen (secondary N) is 1. The first-order valence-corrected chi connectivity index (χ1v) is 9.62.